The Balaban J connectivity index is 1.47. The van der Waals surface area contributed by atoms with Gasteiger partial charge in [0.2, 0.25) is 11.1 Å². The van der Waals surface area contributed by atoms with Gasteiger partial charge in [-0.3, -0.25) is 0 Å². The van der Waals surface area contributed by atoms with Gasteiger partial charge in [-0.15, -0.1) is 0 Å². The minimum absolute atomic E-state index is 0.368. The number of aromatic nitrogens is 4. The van der Waals surface area contributed by atoms with Crippen LogP contribution in [0.1, 0.15) is 18.7 Å². The van der Waals surface area contributed by atoms with Crippen LogP contribution in [-0.4, -0.2) is 71.8 Å². The van der Waals surface area contributed by atoms with Gasteiger partial charge in [0, 0.05) is 57.0 Å². The summed E-state index contributed by atoms with van der Waals surface area (Å²) in [6.45, 7) is 7.19. The van der Waals surface area contributed by atoms with Crippen molar-refractivity contribution in [3.05, 3.63) is 18.1 Å². The highest BCUT2D eigenvalue weighted by Crippen LogP contribution is 2.25. The van der Waals surface area contributed by atoms with Crippen molar-refractivity contribution in [1.29, 1.82) is 0 Å². The summed E-state index contributed by atoms with van der Waals surface area (Å²) in [5.74, 6) is 2.62. The predicted octanol–water partition coefficient (Wildman–Crippen LogP) is 1.58. The fourth-order valence-electron chi connectivity index (χ4n) is 3.50. The summed E-state index contributed by atoms with van der Waals surface area (Å²) < 4.78 is 9.76. The zero-order valence-corrected chi connectivity index (χ0v) is 16.2. The van der Waals surface area contributed by atoms with E-state index >= 15 is 0 Å². The highest BCUT2D eigenvalue weighted by molar-refractivity contribution is 7.09. The first-order valence-electron chi connectivity index (χ1n) is 9.14. The Labute approximate surface area is 158 Å². The molecule has 1 atom stereocenters. The molecule has 0 saturated carbocycles. The molecule has 2 fully saturated rings. The lowest BCUT2D eigenvalue weighted by Crippen LogP contribution is -2.47. The van der Waals surface area contributed by atoms with Gasteiger partial charge in [-0.05, 0) is 25.8 Å². The third kappa shape index (κ3) is 3.73. The molecule has 0 aliphatic carbocycles. The van der Waals surface area contributed by atoms with Crippen LogP contribution >= 0.6 is 11.5 Å². The smallest absolute Gasteiger partial charge is 0.227 e. The van der Waals surface area contributed by atoms with Gasteiger partial charge in [-0.1, -0.05) is 0 Å². The van der Waals surface area contributed by atoms with Gasteiger partial charge in [0.1, 0.15) is 11.6 Å². The summed E-state index contributed by atoms with van der Waals surface area (Å²) in [6.07, 6.45) is 4.13. The molecule has 0 bridgehead atoms. The Kier molecular flexibility index (Phi) is 5.16. The van der Waals surface area contributed by atoms with Gasteiger partial charge < -0.3 is 19.4 Å². The Morgan fingerprint density at radius 1 is 1.19 bits per heavy atom. The minimum Gasteiger partial charge on any atom is -0.378 e. The lowest BCUT2D eigenvalue weighted by Gasteiger charge is -2.37. The van der Waals surface area contributed by atoms with Crippen molar-refractivity contribution in [1.82, 2.24) is 19.3 Å². The molecule has 8 nitrogen and oxygen atoms in total. The van der Waals surface area contributed by atoms with Crippen molar-refractivity contribution in [3.63, 3.8) is 0 Å². The molecule has 2 aromatic rings. The molecule has 26 heavy (non-hydrogen) atoms. The first-order valence-corrected chi connectivity index (χ1v) is 9.92. The van der Waals surface area contributed by atoms with E-state index in [0.29, 0.717) is 6.04 Å². The van der Waals surface area contributed by atoms with Crippen LogP contribution in [0.25, 0.3) is 0 Å². The maximum absolute atomic E-state index is 5.44. The van der Waals surface area contributed by atoms with Crippen LogP contribution in [0.15, 0.2) is 12.3 Å². The standard InChI is InChI=1S/C17H25N7OS/c1-13-19-17(26-21-13)24-7-3-4-14(12-24)22(2)16-18-6-5-15(20-16)23-8-10-25-11-9-23/h5-6,14H,3-4,7-12H2,1-2H3. The molecule has 4 rings (SSSR count). The second kappa shape index (κ2) is 7.71. The molecule has 4 heterocycles. The lowest BCUT2D eigenvalue weighted by molar-refractivity contribution is 0.122. The molecule has 140 valence electrons. The van der Waals surface area contributed by atoms with Crippen LogP contribution in [0.4, 0.5) is 16.9 Å². The van der Waals surface area contributed by atoms with Gasteiger partial charge in [0.15, 0.2) is 0 Å². The molecule has 0 radical (unpaired) electrons. The molecule has 0 spiro atoms. The molecule has 0 aromatic carbocycles. The normalized spacial score (nSPS) is 21.1. The number of anilines is 3. The Morgan fingerprint density at radius 2 is 2.04 bits per heavy atom. The average molecular weight is 376 g/mol. The SMILES string of the molecule is Cc1nsc(N2CCCC(N(C)c3nccc(N4CCOCC4)n3)C2)n1. The van der Waals surface area contributed by atoms with Crippen molar-refractivity contribution in [2.45, 2.75) is 25.8 Å². The van der Waals surface area contributed by atoms with Gasteiger partial charge in [0.25, 0.3) is 0 Å². The quantitative estimate of drug-likeness (QED) is 0.798. The van der Waals surface area contributed by atoms with E-state index in [1.165, 1.54) is 11.5 Å². The molecule has 2 aliphatic heterocycles. The van der Waals surface area contributed by atoms with Gasteiger partial charge in [-0.2, -0.15) is 9.36 Å². The maximum Gasteiger partial charge on any atom is 0.227 e. The van der Waals surface area contributed by atoms with Gasteiger partial charge >= 0.3 is 0 Å². The molecular weight excluding hydrogens is 350 g/mol. The lowest BCUT2D eigenvalue weighted by atomic mass is 10.1. The molecular formula is C17H25N7OS. The Morgan fingerprint density at radius 3 is 2.81 bits per heavy atom. The number of nitrogens with zero attached hydrogens (tertiary/aromatic N) is 7. The Hall–Kier alpha value is -2.00. The molecule has 2 aliphatic rings. The second-order valence-electron chi connectivity index (χ2n) is 6.79. The number of ether oxygens (including phenoxy) is 1. The van der Waals surface area contributed by atoms with Crippen LogP contribution in [-0.2, 0) is 4.74 Å². The topological polar surface area (TPSA) is 70.5 Å². The van der Waals surface area contributed by atoms with E-state index in [4.69, 9.17) is 9.72 Å². The number of hydrogen-bond acceptors (Lipinski definition) is 9. The minimum atomic E-state index is 0.368. The van der Waals surface area contributed by atoms with Crippen LogP contribution < -0.4 is 14.7 Å². The summed E-state index contributed by atoms with van der Waals surface area (Å²) in [5, 5.41) is 1.02. The molecule has 0 N–H and O–H groups in total. The maximum atomic E-state index is 5.44. The van der Waals surface area contributed by atoms with E-state index in [1.54, 1.807) is 0 Å². The summed E-state index contributed by atoms with van der Waals surface area (Å²) in [7, 11) is 2.10. The second-order valence-corrected chi connectivity index (χ2v) is 7.52. The summed E-state index contributed by atoms with van der Waals surface area (Å²) in [5.41, 5.74) is 0. The Bertz CT molecular complexity index is 733. The van der Waals surface area contributed by atoms with E-state index in [2.05, 4.69) is 36.1 Å². The first-order chi connectivity index (χ1) is 12.7. The van der Waals surface area contributed by atoms with Crippen molar-refractivity contribution in [3.8, 4) is 0 Å². The zero-order chi connectivity index (χ0) is 17.9. The van der Waals surface area contributed by atoms with Crippen LogP contribution in [0.3, 0.4) is 0 Å². The number of morpholine rings is 1. The number of piperidine rings is 1. The van der Waals surface area contributed by atoms with Crippen LogP contribution in [0, 0.1) is 6.92 Å². The number of rotatable bonds is 4. The molecule has 2 saturated heterocycles. The van der Waals surface area contributed by atoms with E-state index in [-0.39, 0.29) is 0 Å². The fourth-order valence-corrected chi connectivity index (χ4v) is 4.21. The van der Waals surface area contributed by atoms with Crippen LogP contribution in [0.5, 0.6) is 0 Å². The van der Waals surface area contributed by atoms with E-state index in [0.717, 1.165) is 75.0 Å². The number of likely N-dealkylation sites (N-methyl/N-ethyl adjacent to an activating group) is 1. The fraction of sp³-hybridized carbons (Fsp3) is 0.647. The van der Waals surface area contributed by atoms with E-state index in [1.807, 2.05) is 19.2 Å². The average Bonchev–Trinajstić information content (AvgIpc) is 3.15. The van der Waals surface area contributed by atoms with Gasteiger partial charge in [0.05, 0.1) is 13.2 Å². The predicted molar refractivity (Wildman–Crippen MR) is 103 cm³/mol. The van der Waals surface area contributed by atoms with Crippen LogP contribution in [0.2, 0.25) is 0 Å². The van der Waals surface area contributed by atoms with E-state index < -0.39 is 0 Å². The largest absolute Gasteiger partial charge is 0.378 e. The van der Waals surface area contributed by atoms with Crippen molar-refractivity contribution in [2.75, 3.05) is 61.1 Å². The van der Waals surface area contributed by atoms with Crippen molar-refractivity contribution >= 4 is 28.4 Å². The molecule has 1 unspecified atom stereocenters. The third-order valence-electron chi connectivity index (χ3n) is 5.01. The first kappa shape index (κ1) is 17.4. The van der Waals surface area contributed by atoms with Crippen molar-refractivity contribution in [2.24, 2.45) is 0 Å². The number of aryl methyl sites for hydroxylation is 1. The van der Waals surface area contributed by atoms with E-state index in [9.17, 15) is 0 Å². The molecule has 2 aromatic heterocycles. The highest BCUT2D eigenvalue weighted by Gasteiger charge is 2.27. The summed E-state index contributed by atoms with van der Waals surface area (Å²) >= 11 is 1.48. The molecule has 9 heteroatoms. The monoisotopic (exact) mass is 375 g/mol. The summed E-state index contributed by atoms with van der Waals surface area (Å²) in [6, 6.07) is 2.35. The van der Waals surface area contributed by atoms with Gasteiger partial charge in [-0.25, -0.2) is 9.97 Å². The highest BCUT2D eigenvalue weighted by atomic mass is 32.1. The number of hydrogen-bond donors (Lipinski definition) is 0. The van der Waals surface area contributed by atoms with Crippen molar-refractivity contribution < 1.29 is 4.74 Å². The molecule has 0 amide bonds. The summed E-state index contributed by atoms with van der Waals surface area (Å²) in [4.78, 5) is 20.7. The zero-order valence-electron chi connectivity index (χ0n) is 15.3. The third-order valence-corrected chi connectivity index (χ3v) is 5.88.